The first-order chi connectivity index (χ1) is 3.67. The van der Waals surface area contributed by atoms with E-state index < -0.39 is 0 Å². The van der Waals surface area contributed by atoms with Gasteiger partial charge in [0.1, 0.15) is 0 Å². The molecule has 0 heterocycles. The van der Waals surface area contributed by atoms with Crippen LogP contribution in [0.15, 0.2) is 0 Å². The van der Waals surface area contributed by atoms with Gasteiger partial charge in [-0.05, 0) is 18.3 Å². The molecule has 0 aromatic heterocycles. The number of ether oxygens (including phenoxy) is 1. The monoisotopic (exact) mass is 114 g/mol. The lowest BCUT2D eigenvalue weighted by Crippen LogP contribution is -2.40. The molecule has 0 amide bonds. The number of methoxy groups -OCH3 is 1. The molecule has 1 aliphatic carbocycles. The van der Waals surface area contributed by atoms with Crippen LogP contribution in [0.4, 0.5) is 0 Å². The fraction of sp³-hybridized carbons (Fsp3) is 1.00. The summed E-state index contributed by atoms with van der Waals surface area (Å²) >= 11 is 0. The van der Waals surface area contributed by atoms with Crippen LogP contribution in [0.5, 0.6) is 0 Å². The first-order valence-corrected chi connectivity index (χ1v) is 3.19. The minimum atomic E-state index is 0.467. The molecule has 0 bridgehead atoms. The van der Waals surface area contributed by atoms with Gasteiger partial charge in [-0.1, -0.05) is 13.8 Å². The summed E-state index contributed by atoms with van der Waals surface area (Å²) in [6.07, 6.45) is 3.11. The second-order valence-corrected chi connectivity index (χ2v) is 3.25. The molecule has 0 aromatic carbocycles. The minimum absolute atomic E-state index is 0.467. The summed E-state index contributed by atoms with van der Waals surface area (Å²) in [7, 11) is 1.80. The van der Waals surface area contributed by atoms with Gasteiger partial charge < -0.3 is 4.74 Å². The van der Waals surface area contributed by atoms with Crippen molar-refractivity contribution in [2.24, 2.45) is 5.41 Å². The Labute approximate surface area is 51.0 Å². The number of hydrogen-bond acceptors (Lipinski definition) is 1. The largest absolute Gasteiger partial charge is 0.381 e. The van der Waals surface area contributed by atoms with Crippen molar-refractivity contribution in [1.29, 1.82) is 0 Å². The number of rotatable bonds is 1. The van der Waals surface area contributed by atoms with Crippen molar-refractivity contribution >= 4 is 0 Å². The first kappa shape index (κ1) is 6.09. The van der Waals surface area contributed by atoms with Gasteiger partial charge in [0.25, 0.3) is 0 Å². The molecule has 1 aliphatic rings. The third-order valence-electron chi connectivity index (χ3n) is 2.21. The summed E-state index contributed by atoms with van der Waals surface area (Å²) < 4.78 is 5.20. The highest BCUT2D eigenvalue weighted by Gasteiger charge is 2.38. The van der Waals surface area contributed by atoms with Crippen LogP contribution in [0.1, 0.15) is 26.7 Å². The van der Waals surface area contributed by atoms with Crippen LogP contribution in [-0.2, 0) is 4.74 Å². The predicted molar refractivity (Wildman–Crippen MR) is 33.8 cm³/mol. The average molecular weight is 114 g/mol. The zero-order valence-electron chi connectivity index (χ0n) is 5.90. The van der Waals surface area contributed by atoms with E-state index in [2.05, 4.69) is 13.8 Å². The van der Waals surface area contributed by atoms with Crippen molar-refractivity contribution in [3.8, 4) is 0 Å². The van der Waals surface area contributed by atoms with Crippen LogP contribution < -0.4 is 0 Å². The van der Waals surface area contributed by atoms with Crippen molar-refractivity contribution in [2.45, 2.75) is 32.8 Å². The molecule has 0 aromatic rings. The van der Waals surface area contributed by atoms with Crippen LogP contribution >= 0.6 is 0 Å². The molecule has 0 radical (unpaired) electrons. The zero-order valence-corrected chi connectivity index (χ0v) is 5.90. The Morgan fingerprint density at radius 2 is 2.12 bits per heavy atom. The SMILES string of the molecule is COC1CCC1(C)C. The highest BCUT2D eigenvalue weighted by atomic mass is 16.5. The highest BCUT2D eigenvalue weighted by molar-refractivity contribution is 4.89. The van der Waals surface area contributed by atoms with Crippen LogP contribution in [0, 0.1) is 5.41 Å². The van der Waals surface area contributed by atoms with Crippen molar-refractivity contribution in [3.05, 3.63) is 0 Å². The van der Waals surface area contributed by atoms with E-state index in [1.807, 2.05) is 0 Å². The van der Waals surface area contributed by atoms with Gasteiger partial charge in [-0.25, -0.2) is 0 Å². The Hall–Kier alpha value is -0.0400. The molecule has 1 fully saturated rings. The van der Waals surface area contributed by atoms with E-state index >= 15 is 0 Å². The van der Waals surface area contributed by atoms with E-state index in [1.165, 1.54) is 12.8 Å². The van der Waals surface area contributed by atoms with Crippen molar-refractivity contribution < 1.29 is 4.74 Å². The molecular formula is C7H14O. The fourth-order valence-corrected chi connectivity index (χ4v) is 1.28. The third kappa shape index (κ3) is 0.752. The Balaban J connectivity index is 2.37. The van der Waals surface area contributed by atoms with Gasteiger partial charge in [0.05, 0.1) is 6.10 Å². The summed E-state index contributed by atoms with van der Waals surface area (Å²) in [6.45, 7) is 4.51. The Morgan fingerprint density at radius 3 is 2.12 bits per heavy atom. The molecule has 0 N–H and O–H groups in total. The van der Waals surface area contributed by atoms with Crippen molar-refractivity contribution in [3.63, 3.8) is 0 Å². The molecule has 1 rings (SSSR count). The van der Waals surface area contributed by atoms with E-state index in [4.69, 9.17) is 4.74 Å². The third-order valence-corrected chi connectivity index (χ3v) is 2.21. The average Bonchev–Trinajstić information content (AvgIpc) is 1.66. The molecule has 1 nitrogen and oxygen atoms in total. The van der Waals surface area contributed by atoms with Crippen LogP contribution in [0.25, 0.3) is 0 Å². The molecule has 0 saturated heterocycles. The maximum atomic E-state index is 5.20. The smallest absolute Gasteiger partial charge is 0.0622 e. The van der Waals surface area contributed by atoms with Gasteiger partial charge in [0.2, 0.25) is 0 Å². The van der Waals surface area contributed by atoms with Crippen LogP contribution in [-0.4, -0.2) is 13.2 Å². The molecule has 48 valence electrons. The summed E-state index contributed by atoms with van der Waals surface area (Å²) in [6, 6.07) is 0. The second-order valence-electron chi connectivity index (χ2n) is 3.25. The Morgan fingerprint density at radius 1 is 1.50 bits per heavy atom. The van der Waals surface area contributed by atoms with Gasteiger partial charge in [-0.3, -0.25) is 0 Å². The van der Waals surface area contributed by atoms with E-state index in [0.717, 1.165) is 0 Å². The van der Waals surface area contributed by atoms with Gasteiger partial charge in [0, 0.05) is 7.11 Å². The summed E-state index contributed by atoms with van der Waals surface area (Å²) in [4.78, 5) is 0. The topological polar surface area (TPSA) is 9.23 Å². The predicted octanol–water partition coefficient (Wildman–Crippen LogP) is 1.82. The summed E-state index contributed by atoms with van der Waals surface area (Å²) in [5.74, 6) is 0. The summed E-state index contributed by atoms with van der Waals surface area (Å²) in [5, 5.41) is 0. The van der Waals surface area contributed by atoms with E-state index in [9.17, 15) is 0 Å². The standard InChI is InChI=1S/C7H14O/c1-7(2)5-4-6(7)8-3/h6H,4-5H2,1-3H3. The van der Waals surface area contributed by atoms with E-state index in [0.29, 0.717) is 11.5 Å². The number of hydrogen-bond donors (Lipinski definition) is 0. The summed E-state index contributed by atoms with van der Waals surface area (Å²) in [5.41, 5.74) is 0.467. The lowest BCUT2D eigenvalue weighted by atomic mass is 9.69. The molecule has 1 unspecified atom stereocenters. The van der Waals surface area contributed by atoms with Gasteiger partial charge in [-0.15, -0.1) is 0 Å². The van der Waals surface area contributed by atoms with Crippen LogP contribution in [0.2, 0.25) is 0 Å². The molecule has 1 heteroatoms. The Kier molecular flexibility index (Phi) is 1.31. The molecule has 8 heavy (non-hydrogen) atoms. The second kappa shape index (κ2) is 1.73. The van der Waals surface area contributed by atoms with E-state index in [-0.39, 0.29) is 0 Å². The van der Waals surface area contributed by atoms with Crippen LogP contribution in [0.3, 0.4) is 0 Å². The Bertz CT molecular complexity index is 84.4. The van der Waals surface area contributed by atoms with Gasteiger partial charge >= 0.3 is 0 Å². The molecule has 1 saturated carbocycles. The fourth-order valence-electron chi connectivity index (χ4n) is 1.28. The van der Waals surface area contributed by atoms with E-state index in [1.54, 1.807) is 7.11 Å². The lowest BCUT2D eigenvalue weighted by molar-refractivity contribution is -0.0688. The lowest BCUT2D eigenvalue weighted by Gasteiger charge is -2.43. The maximum Gasteiger partial charge on any atom is 0.0622 e. The van der Waals surface area contributed by atoms with Crippen molar-refractivity contribution in [2.75, 3.05) is 7.11 Å². The quantitative estimate of drug-likeness (QED) is 0.505. The molecule has 0 aliphatic heterocycles. The maximum absolute atomic E-state index is 5.20. The first-order valence-electron chi connectivity index (χ1n) is 3.19. The molecule has 0 spiro atoms. The minimum Gasteiger partial charge on any atom is -0.381 e. The van der Waals surface area contributed by atoms with Gasteiger partial charge in [-0.2, -0.15) is 0 Å². The van der Waals surface area contributed by atoms with Crippen molar-refractivity contribution in [1.82, 2.24) is 0 Å². The normalized spacial score (nSPS) is 34.1. The molecular weight excluding hydrogens is 100 g/mol. The molecule has 1 atom stereocenters. The zero-order chi connectivity index (χ0) is 6.20. The van der Waals surface area contributed by atoms with Gasteiger partial charge in [0.15, 0.2) is 0 Å². The highest BCUT2D eigenvalue weighted by Crippen LogP contribution is 2.41.